The van der Waals surface area contributed by atoms with Gasteiger partial charge in [0.1, 0.15) is 0 Å². The molecule has 0 unspecified atom stereocenters. The predicted molar refractivity (Wildman–Crippen MR) is 119 cm³/mol. The molecule has 3 rings (SSSR count). The summed E-state index contributed by atoms with van der Waals surface area (Å²) in [6.45, 7) is 6.96. The molecule has 0 aliphatic heterocycles. The highest BCUT2D eigenvalue weighted by atomic mass is 16.2. The van der Waals surface area contributed by atoms with Crippen molar-refractivity contribution in [2.24, 2.45) is 0 Å². The zero-order chi connectivity index (χ0) is 20.8. The number of carbonyl (C=O) groups is 1. The topological polar surface area (TPSA) is 38.1 Å². The van der Waals surface area contributed by atoms with Crippen molar-refractivity contribution in [3.63, 3.8) is 0 Å². The van der Waals surface area contributed by atoms with Gasteiger partial charge in [0, 0.05) is 13.6 Å². The molecule has 1 amide bonds. The first-order valence-electron chi connectivity index (χ1n) is 10.5. The van der Waals surface area contributed by atoms with Crippen LogP contribution in [0.25, 0.3) is 5.69 Å². The lowest BCUT2D eigenvalue weighted by Crippen LogP contribution is -2.28. The summed E-state index contributed by atoms with van der Waals surface area (Å²) < 4.78 is 2.01. The summed E-state index contributed by atoms with van der Waals surface area (Å²) >= 11 is 0. The summed E-state index contributed by atoms with van der Waals surface area (Å²) in [6, 6.07) is 18.4. The zero-order valence-corrected chi connectivity index (χ0v) is 18.0. The van der Waals surface area contributed by atoms with Crippen LogP contribution in [0.3, 0.4) is 0 Å². The van der Waals surface area contributed by atoms with Gasteiger partial charge in [-0.2, -0.15) is 5.10 Å². The van der Waals surface area contributed by atoms with E-state index in [1.165, 1.54) is 0 Å². The van der Waals surface area contributed by atoms with Gasteiger partial charge in [-0.3, -0.25) is 4.79 Å². The number of amides is 1. The maximum absolute atomic E-state index is 13.5. The number of hydrogen-bond acceptors (Lipinski definition) is 2. The Morgan fingerprint density at radius 3 is 2.28 bits per heavy atom. The van der Waals surface area contributed by atoms with Crippen LogP contribution < -0.4 is 0 Å². The molecular formula is C25H31N3O. The Bertz CT molecular complexity index is 959. The summed E-state index contributed by atoms with van der Waals surface area (Å²) in [5.74, 6) is 0.0561. The van der Waals surface area contributed by atoms with Gasteiger partial charge in [-0.15, -0.1) is 0 Å². The number of para-hydroxylation sites is 1. The van der Waals surface area contributed by atoms with E-state index in [9.17, 15) is 4.79 Å². The van der Waals surface area contributed by atoms with Crippen molar-refractivity contribution in [1.29, 1.82) is 0 Å². The Morgan fingerprint density at radius 2 is 1.62 bits per heavy atom. The lowest BCUT2D eigenvalue weighted by molar-refractivity contribution is 0.0783. The molecule has 0 spiro atoms. The van der Waals surface area contributed by atoms with Crippen molar-refractivity contribution < 1.29 is 4.79 Å². The third-order valence-corrected chi connectivity index (χ3v) is 5.19. The van der Waals surface area contributed by atoms with E-state index in [0.29, 0.717) is 6.54 Å². The molecular weight excluding hydrogens is 358 g/mol. The van der Waals surface area contributed by atoms with Crippen LogP contribution in [-0.4, -0.2) is 27.6 Å². The van der Waals surface area contributed by atoms with Gasteiger partial charge in [0.05, 0.1) is 22.6 Å². The summed E-state index contributed by atoms with van der Waals surface area (Å²) in [7, 11) is 1.88. The van der Waals surface area contributed by atoms with E-state index in [-0.39, 0.29) is 5.91 Å². The Balaban J connectivity index is 2.06. The lowest BCUT2D eigenvalue weighted by atomic mass is 10.0. The second kappa shape index (κ2) is 9.55. The molecule has 3 aromatic rings. The van der Waals surface area contributed by atoms with E-state index >= 15 is 0 Å². The average Bonchev–Trinajstić information content (AvgIpc) is 3.07. The van der Waals surface area contributed by atoms with E-state index < -0.39 is 0 Å². The average molecular weight is 390 g/mol. The molecule has 0 N–H and O–H groups in total. The van der Waals surface area contributed by atoms with Crippen LogP contribution >= 0.6 is 0 Å². The Hall–Kier alpha value is -2.88. The van der Waals surface area contributed by atoms with Crippen molar-refractivity contribution in [1.82, 2.24) is 14.7 Å². The number of carbonyl (C=O) groups excluding carboxylic acids is 1. The highest BCUT2D eigenvalue weighted by molar-refractivity contribution is 5.96. The number of benzene rings is 2. The molecule has 152 valence electrons. The van der Waals surface area contributed by atoms with Gasteiger partial charge in [0.25, 0.3) is 5.91 Å². The van der Waals surface area contributed by atoms with Crippen molar-refractivity contribution >= 4 is 5.91 Å². The fourth-order valence-electron chi connectivity index (χ4n) is 3.75. The highest BCUT2D eigenvalue weighted by Gasteiger charge is 2.26. The molecule has 0 fully saturated rings. The Morgan fingerprint density at radius 1 is 0.966 bits per heavy atom. The molecule has 0 aliphatic carbocycles. The van der Waals surface area contributed by atoms with Crippen LogP contribution in [0, 0.1) is 6.92 Å². The zero-order valence-electron chi connectivity index (χ0n) is 18.0. The third-order valence-electron chi connectivity index (χ3n) is 5.19. The van der Waals surface area contributed by atoms with Crippen LogP contribution in [0.4, 0.5) is 0 Å². The van der Waals surface area contributed by atoms with E-state index in [1.54, 1.807) is 0 Å². The molecule has 0 saturated heterocycles. The first kappa shape index (κ1) is 20.8. The van der Waals surface area contributed by atoms with Gasteiger partial charge in [-0.25, -0.2) is 4.68 Å². The first-order valence-corrected chi connectivity index (χ1v) is 10.5. The second-order valence-corrected chi connectivity index (χ2v) is 7.61. The normalized spacial score (nSPS) is 10.9. The predicted octanol–water partition coefficient (Wildman–Crippen LogP) is 5.36. The molecule has 1 heterocycles. The molecule has 4 heteroatoms. The smallest absolute Gasteiger partial charge is 0.257 e. The van der Waals surface area contributed by atoms with Gasteiger partial charge in [-0.05, 0) is 37.0 Å². The van der Waals surface area contributed by atoms with Crippen molar-refractivity contribution in [3.8, 4) is 5.69 Å². The van der Waals surface area contributed by atoms with Crippen molar-refractivity contribution in [3.05, 3.63) is 82.7 Å². The standard InChI is InChI=1S/C25H31N3O/c1-5-12-21-24(25(29)27(4)18-20-15-8-7-9-16-20)23(13-6-2)28(26-21)22-17-11-10-14-19(22)3/h7-11,14-17H,5-6,12-13,18H2,1-4H3. The molecule has 0 bridgehead atoms. The Labute approximate surface area is 174 Å². The maximum Gasteiger partial charge on any atom is 0.257 e. The fourth-order valence-corrected chi connectivity index (χ4v) is 3.75. The van der Waals surface area contributed by atoms with Crippen LogP contribution in [0.2, 0.25) is 0 Å². The minimum atomic E-state index is 0.0561. The van der Waals surface area contributed by atoms with Crippen LogP contribution in [0.5, 0.6) is 0 Å². The van der Waals surface area contributed by atoms with E-state index in [1.807, 2.05) is 47.0 Å². The summed E-state index contributed by atoms with van der Waals surface area (Å²) in [5.41, 5.74) is 6.06. The number of aromatic nitrogens is 2. The molecule has 2 aromatic carbocycles. The summed E-state index contributed by atoms with van der Waals surface area (Å²) in [4.78, 5) is 15.4. The summed E-state index contributed by atoms with van der Waals surface area (Å²) in [5, 5.41) is 4.93. The van der Waals surface area contributed by atoms with Crippen LogP contribution in [0.1, 0.15) is 59.6 Å². The minimum Gasteiger partial charge on any atom is -0.337 e. The maximum atomic E-state index is 13.5. The summed E-state index contributed by atoms with van der Waals surface area (Å²) in [6.07, 6.45) is 3.55. The monoisotopic (exact) mass is 389 g/mol. The minimum absolute atomic E-state index is 0.0561. The van der Waals surface area contributed by atoms with Gasteiger partial charge in [-0.1, -0.05) is 75.2 Å². The van der Waals surface area contributed by atoms with E-state index in [4.69, 9.17) is 5.10 Å². The number of nitrogens with zero attached hydrogens (tertiary/aromatic N) is 3. The molecule has 29 heavy (non-hydrogen) atoms. The van der Waals surface area contributed by atoms with E-state index in [0.717, 1.165) is 59.4 Å². The van der Waals surface area contributed by atoms with Crippen LogP contribution in [-0.2, 0) is 19.4 Å². The second-order valence-electron chi connectivity index (χ2n) is 7.61. The molecule has 0 radical (unpaired) electrons. The fraction of sp³-hybridized carbons (Fsp3) is 0.360. The van der Waals surface area contributed by atoms with Crippen molar-refractivity contribution in [2.75, 3.05) is 7.05 Å². The number of rotatable bonds is 8. The number of hydrogen-bond donors (Lipinski definition) is 0. The van der Waals surface area contributed by atoms with Gasteiger partial charge in [0.2, 0.25) is 0 Å². The lowest BCUT2D eigenvalue weighted by Gasteiger charge is -2.19. The largest absolute Gasteiger partial charge is 0.337 e. The van der Waals surface area contributed by atoms with Crippen molar-refractivity contribution in [2.45, 2.75) is 53.0 Å². The third kappa shape index (κ3) is 4.58. The highest BCUT2D eigenvalue weighted by Crippen LogP contribution is 2.25. The van der Waals surface area contributed by atoms with Gasteiger partial charge in [0.15, 0.2) is 0 Å². The molecule has 0 saturated carbocycles. The Kier molecular flexibility index (Phi) is 6.86. The number of aryl methyl sites for hydroxylation is 2. The van der Waals surface area contributed by atoms with Gasteiger partial charge >= 0.3 is 0 Å². The molecule has 0 atom stereocenters. The van der Waals surface area contributed by atoms with E-state index in [2.05, 4.69) is 45.0 Å². The molecule has 0 aliphatic rings. The molecule has 4 nitrogen and oxygen atoms in total. The van der Waals surface area contributed by atoms with Crippen LogP contribution in [0.15, 0.2) is 54.6 Å². The van der Waals surface area contributed by atoms with Gasteiger partial charge < -0.3 is 4.90 Å². The molecule has 1 aromatic heterocycles. The first-order chi connectivity index (χ1) is 14.1. The quantitative estimate of drug-likeness (QED) is 0.520. The SMILES string of the molecule is CCCc1nn(-c2ccccc2C)c(CCC)c1C(=O)N(C)Cc1ccccc1.